The molecule has 126 valence electrons. The van der Waals surface area contributed by atoms with Crippen LogP contribution in [0.1, 0.15) is 39.0 Å². The third-order valence-electron chi connectivity index (χ3n) is 3.71. The van der Waals surface area contributed by atoms with Crippen LogP contribution in [0.5, 0.6) is 0 Å². The zero-order valence-electron chi connectivity index (χ0n) is 13.2. The van der Waals surface area contributed by atoms with Gasteiger partial charge in [0.25, 0.3) is 0 Å². The van der Waals surface area contributed by atoms with E-state index in [1.807, 2.05) is 0 Å². The van der Waals surface area contributed by atoms with Crippen molar-refractivity contribution in [1.29, 1.82) is 0 Å². The highest BCUT2D eigenvalue weighted by atomic mass is 127. The molecule has 0 aromatic rings. The zero-order chi connectivity index (χ0) is 15.0. The van der Waals surface area contributed by atoms with E-state index in [1.165, 1.54) is 32.1 Å². The topological polar surface area (TPSA) is 82.6 Å². The minimum absolute atomic E-state index is 0. The molecule has 0 aromatic carbocycles. The molecular formula is C13H29IN4O2S. The van der Waals surface area contributed by atoms with Gasteiger partial charge in [0.15, 0.2) is 5.96 Å². The van der Waals surface area contributed by atoms with Crippen LogP contribution in [-0.4, -0.2) is 46.8 Å². The lowest BCUT2D eigenvalue weighted by Crippen LogP contribution is -2.47. The third-order valence-corrected chi connectivity index (χ3v) is 4.43. The van der Waals surface area contributed by atoms with Crippen LogP contribution in [-0.2, 0) is 10.0 Å². The molecule has 1 aliphatic rings. The molecule has 0 bridgehead atoms. The Bertz CT molecular complexity index is 414. The fraction of sp³-hybridized carbons (Fsp3) is 0.923. The summed E-state index contributed by atoms with van der Waals surface area (Å²) in [5.74, 6) is 1.56. The molecule has 2 unspecified atom stereocenters. The molecule has 0 amide bonds. The molecule has 2 atom stereocenters. The van der Waals surface area contributed by atoms with E-state index >= 15 is 0 Å². The van der Waals surface area contributed by atoms with Crippen LogP contribution in [0.25, 0.3) is 0 Å². The largest absolute Gasteiger partial charge is 0.355 e. The maximum Gasteiger partial charge on any atom is 0.208 e. The average Bonchev–Trinajstić information content (AvgIpc) is 2.41. The Kier molecular flexibility index (Phi) is 10.6. The van der Waals surface area contributed by atoms with E-state index in [1.54, 1.807) is 7.05 Å². The molecule has 0 heterocycles. The van der Waals surface area contributed by atoms with Gasteiger partial charge < -0.3 is 10.6 Å². The molecule has 8 heteroatoms. The Balaban J connectivity index is 0.00000400. The monoisotopic (exact) mass is 432 g/mol. The minimum atomic E-state index is -3.12. The fourth-order valence-electron chi connectivity index (χ4n) is 2.60. The van der Waals surface area contributed by atoms with Crippen LogP contribution >= 0.6 is 24.0 Å². The lowest BCUT2D eigenvalue weighted by atomic mass is 9.84. The predicted octanol–water partition coefficient (Wildman–Crippen LogP) is 1.29. The molecule has 1 aliphatic carbocycles. The van der Waals surface area contributed by atoms with Gasteiger partial charge in [-0.2, -0.15) is 0 Å². The molecule has 0 spiro atoms. The molecule has 1 saturated carbocycles. The van der Waals surface area contributed by atoms with Crippen LogP contribution in [0.4, 0.5) is 0 Å². The Morgan fingerprint density at radius 2 is 2.00 bits per heavy atom. The first-order chi connectivity index (χ1) is 9.44. The summed E-state index contributed by atoms with van der Waals surface area (Å²) < 4.78 is 24.3. The summed E-state index contributed by atoms with van der Waals surface area (Å²) in [5, 5.41) is 6.56. The molecular weight excluding hydrogens is 403 g/mol. The van der Waals surface area contributed by atoms with E-state index in [4.69, 9.17) is 0 Å². The van der Waals surface area contributed by atoms with Crippen molar-refractivity contribution in [3.8, 4) is 0 Å². The van der Waals surface area contributed by atoms with E-state index < -0.39 is 10.0 Å². The molecule has 3 N–H and O–H groups in total. The maximum absolute atomic E-state index is 10.9. The number of rotatable bonds is 6. The van der Waals surface area contributed by atoms with Crippen molar-refractivity contribution >= 4 is 40.0 Å². The summed E-state index contributed by atoms with van der Waals surface area (Å²) in [6.07, 6.45) is 7.37. The van der Waals surface area contributed by atoms with E-state index in [9.17, 15) is 8.42 Å². The predicted molar refractivity (Wildman–Crippen MR) is 98.8 cm³/mol. The van der Waals surface area contributed by atoms with Gasteiger partial charge in [0.05, 0.1) is 6.26 Å². The lowest BCUT2D eigenvalue weighted by Gasteiger charge is -2.30. The summed E-state index contributed by atoms with van der Waals surface area (Å²) >= 11 is 0. The third kappa shape index (κ3) is 9.51. The van der Waals surface area contributed by atoms with Gasteiger partial charge in [0.2, 0.25) is 10.0 Å². The van der Waals surface area contributed by atoms with E-state index in [0.29, 0.717) is 19.1 Å². The van der Waals surface area contributed by atoms with Crippen molar-refractivity contribution in [2.45, 2.75) is 45.1 Å². The second kappa shape index (κ2) is 10.6. The fourth-order valence-corrected chi connectivity index (χ4v) is 3.07. The van der Waals surface area contributed by atoms with Crippen LogP contribution in [0.15, 0.2) is 4.99 Å². The second-order valence-electron chi connectivity index (χ2n) is 5.45. The first kappa shape index (κ1) is 20.9. The number of sulfonamides is 1. The van der Waals surface area contributed by atoms with Gasteiger partial charge in [-0.3, -0.25) is 4.99 Å². The average molecular weight is 432 g/mol. The number of hydrogen-bond donors (Lipinski definition) is 3. The molecule has 0 saturated heterocycles. The van der Waals surface area contributed by atoms with Crippen LogP contribution in [0.2, 0.25) is 0 Å². The summed E-state index contributed by atoms with van der Waals surface area (Å²) in [5.41, 5.74) is 0. The smallest absolute Gasteiger partial charge is 0.208 e. The summed E-state index contributed by atoms with van der Waals surface area (Å²) in [4.78, 5) is 4.18. The molecule has 21 heavy (non-hydrogen) atoms. The Morgan fingerprint density at radius 3 is 2.57 bits per heavy atom. The van der Waals surface area contributed by atoms with Crippen molar-refractivity contribution in [3.63, 3.8) is 0 Å². The normalized spacial score (nSPS) is 23.3. The molecule has 0 aromatic heterocycles. The zero-order valence-corrected chi connectivity index (χ0v) is 16.3. The Labute approximate surface area is 146 Å². The van der Waals surface area contributed by atoms with E-state index in [0.717, 1.165) is 18.1 Å². The Hall–Kier alpha value is -0.0900. The van der Waals surface area contributed by atoms with Crippen molar-refractivity contribution < 1.29 is 8.42 Å². The molecule has 0 aliphatic heterocycles. The SMILES string of the molecule is CCC1CCCC(NC(=NC)NCCNS(C)(=O)=O)C1.I. The summed E-state index contributed by atoms with van der Waals surface area (Å²) in [6.45, 7) is 3.13. The maximum atomic E-state index is 10.9. The van der Waals surface area contributed by atoms with Crippen LogP contribution < -0.4 is 15.4 Å². The van der Waals surface area contributed by atoms with Gasteiger partial charge >= 0.3 is 0 Å². The molecule has 0 radical (unpaired) electrons. The van der Waals surface area contributed by atoms with Gasteiger partial charge in [-0.1, -0.05) is 26.2 Å². The number of halogens is 1. The second-order valence-corrected chi connectivity index (χ2v) is 7.28. The molecule has 1 rings (SSSR count). The van der Waals surface area contributed by atoms with Crippen LogP contribution in [0, 0.1) is 5.92 Å². The van der Waals surface area contributed by atoms with Gasteiger partial charge in [0, 0.05) is 26.2 Å². The summed E-state index contributed by atoms with van der Waals surface area (Å²) in [7, 11) is -1.38. The molecule has 6 nitrogen and oxygen atoms in total. The number of guanidine groups is 1. The highest BCUT2D eigenvalue weighted by molar-refractivity contribution is 14.0. The van der Waals surface area contributed by atoms with Crippen molar-refractivity contribution in [2.24, 2.45) is 10.9 Å². The highest BCUT2D eigenvalue weighted by Gasteiger charge is 2.21. The van der Waals surface area contributed by atoms with E-state index in [-0.39, 0.29) is 24.0 Å². The number of hydrogen-bond acceptors (Lipinski definition) is 3. The highest BCUT2D eigenvalue weighted by Crippen LogP contribution is 2.26. The minimum Gasteiger partial charge on any atom is -0.355 e. The van der Waals surface area contributed by atoms with Gasteiger partial charge in [0.1, 0.15) is 0 Å². The standard InChI is InChI=1S/C13H28N4O2S.HI/c1-4-11-6-5-7-12(10-11)17-13(14-2)15-8-9-16-20(3,18)19;/h11-12,16H,4-10H2,1-3H3,(H2,14,15,17);1H. The number of aliphatic imine (C=N–C) groups is 1. The van der Waals surface area contributed by atoms with Gasteiger partial charge in [-0.15, -0.1) is 24.0 Å². The van der Waals surface area contributed by atoms with Crippen molar-refractivity contribution in [1.82, 2.24) is 15.4 Å². The van der Waals surface area contributed by atoms with Gasteiger partial charge in [-0.05, 0) is 18.8 Å². The number of nitrogens with zero attached hydrogens (tertiary/aromatic N) is 1. The first-order valence-corrected chi connectivity index (χ1v) is 9.25. The van der Waals surface area contributed by atoms with Crippen molar-refractivity contribution in [3.05, 3.63) is 0 Å². The quantitative estimate of drug-likeness (QED) is 0.256. The van der Waals surface area contributed by atoms with E-state index in [2.05, 4.69) is 27.3 Å². The van der Waals surface area contributed by atoms with Gasteiger partial charge in [-0.25, -0.2) is 13.1 Å². The molecule has 1 fully saturated rings. The first-order valence-electron chi connectivity index (χ1n) is 7.36. The van der Waals surface area contributed by atoms with Crippen LogP contribution in [0.3, 0.4) is 0 Å². The Morgan fingerprint density at radius 1 is 1.29 bits per heavy atom. The summed E-state index contributed by atoms with van der Waals surface area (Å²) in [6, 6.07) is 0.475. The number of nitrogens with one attached hydrogen (secondary N) is 3. The lowest BCUT2D eigenvalue weighted by molar-refractivity contribution is 0.298. The van der Waals surface area contributed by atoms with Crippen molar-refractivity contribution in [2.75, 3.05) is 26.4 Å².